The van der Waals surface area contributed by atoms with Crippen LogP contribution in [-0.2, 0) is 28.1 Å². The van der Waals surface area contributed by atoms with Crippen molar-refractivity contribution in [2.24, 2.45) is 0 Å². The van der Waals surface area contributed by atoms with Crippen molar-refractivity contribution in [3.63, 3.8) is 0 Å². The second kappa shape index (κ2) is 5.24. The molecule has 0 saturated carbocycles. The molecule has 1 saturated heterocycles. The number of rotatable bonds is 3. The highest BCUT2D eigenvalue weighted by molar-refractivity contribution is 7.46. The van der Waals surface area contributed by atoms with E-state index in [0.717, 1.165) is 0 Å². The minimum absolute atomic E-state index is 0.199. The molecule has 0 aromatic rings. The fourth-order valence-corrected chi connectivity index (χ4v) is 1.97. The lowest BCUT2D eigenvalue weighted by atomic mass is 10.4. The quantitative estimate of drug-likeness (QED) is 0.398. The van der Waals surface area contributed by atoms with Gasteiger partial charge in [0.1, 0.15) is 0 Å². The molecule has 1 aliphatic heterocycles. The molecule has 80 valence electrons. The monoisotopic (exact) mass is 222 g/mol. The van der Waals surface area contributed by atoms with Gasteiger partial charge in [-0.15, -0.1) is 0 Å². The van der Waals surface area contributed by atoms with Gasteiger partial charge in [-0.25, -0.2) is 0 Å². The molecule has 0 radical (unpaired) electrons. The van der Waals surface area contributed by atoms with Crippen molar-refractivity contribution in [1.29, 1.82) is 0 Å². The molecule has 0 aromatic heterocycles. The summed E-state index contributed by atoms with van der Waals surface area (Å²) in [7, 11) is -1.17. The molecule has 3 atom stereocenters. The van der Waals surface area contributed by atoms with Gasteiger partial charge >= 0.3 is 5.97 Å². The van der Waals surface area contributed by atoms with Crippen LogP contribution in [0.5, 0.6) is 0 Å². The van der Waals surface area contributed by atoms with Gasteiger partial charge in [0.25, 0.3) is 6.47 Å². The maximum Gasteiger partial charge on any atom is 0.304 e. The van der Waals surface area contributed by atoms with Gasteiger partial charge in [-0.05, 0) is 0 Å². The van der Waals surface area contributed by atoms with E-state index >= 15 is 0 Å². The zero-order valence-electron chi connectivity index (χ0n) is 7.84. The Morgan fingerprint density at radius 1 is 1.50 bits per heavy atom. The van der Waals surface area contributed by atoms with Gasteiger partial charge in [0.05, 0.1) is 6.42 Å². The largest absolute Gasteiger partial charge is 0.437 e. The van der Waals surface area contributed by atoms with Gasteiger partial charge in [-0.2, -0.15) is 0 Å². The summed E-state index contributed by atoms with van der Waals surface area (Å²) in [5.41, 5.74) is 0. The van der Waals surface area contributed by atoms with Crippen molar-refractivity contribution >= 4 is 20.8 Å². The van der Waals surface area contributed by atoms with Crippen molar-refractivity contribution in [3.8, 4) is 0 Å². The van der Waals surface area contributed by atoms with Crippen molar-refractivity contribution in [2.75, 3.05) is 6.66 Å². The lowest BCUT2D eigenvalue weighted by Gasteiger charge is -2.30. The molecule has 0 spiro atoms. The third-order valence-corrected chi connectivity index (χ3v) is 2.49. The van der Waals surface area contributed by atoms with Crippen LogP contribution in [-0.4, -0.2) is 31.7 Å². The maximum atomic E-state index is 10.6. The minimum atomic E-state index is -1.17. The first kappa shape index (κ1) is 11.4. The van der Waals surface area contributed by atoms with E-state index in [1.165, 1.54) is 6.92 Å². The average molecular weight is 222 g/mol. The highest BCUT2D eigenvalue weighted by Gasteiger charge is 2.31. The topological polar surface area (TPSA) is 71.1 Å². The molecule has 6 nitrogen and oxygen atoms in total. The third-order valence-electron chi connectivity index (χ3n) is 1.42. The Balaban J connectivity index is 2.44. The number of esters is 1. The number of carbonyl (C=O) groups excluding carboxylic acids is 2. The van der Waals surface area contributed by atoms with Crippen molar-refractivity contribution in [2.45, 2.75) is 25.9 Å². The predicted octanol–water partition coefficient (Wildman–Crippen LogP) is 0.753. The van der Waals surface area contributed by atoms with E-state index in [0.29, 0.717) is 6.47 Å². The number of ether oxygens (including phenoxy) is 2. The Kier molecular flexibility index (Phi) is 4.25. The van der Waals surface area contributed by atoms with E-state index in [9.17, 15) is 9.59 Å². The van der Waals surface area contributed by atoms with Gasteiger partial charge in [0.15, 0.2) is 8.38 Å². The number of carbonyl (C=O) groups is 2. The zero-order valence-corrected chi connectivity index (χ0v) is 8.73. The van der Waals surface area contributed by atoms with Crippen LogP contribution in [0.2, 0.25) is 0 Å². The molecule has 14 heavy (non-hydrogen) atoms. The Hall–Kier alpha value is -0.710. The number of hydrogen-bond donors (Lipinski definition) is 0. The Labute approximate surface area is 82.4 Å². The van der Waals surface area contributed by atoms with Crippen LogP contribution in [0.1, 0.15) is 13.3 Å². The summed E-state index contributed by atoms with van der Waals surface area (Å²) in [6, 6.07) is 0. The molecule has 0 N–H and O–H groups in total. The number of hydrogen-bond acceptors (Lipinski definition) is 6. The molecule has 3 unspecified atom stereocenters. The van der Waals surface area contributed by atoms with E-state index in [1.807, 2.05) is 0 Å². The summed E-state index contributed by atoms with van der Waals surface area (Å²) >= 11 is 0. The fourth-order valence-electron chi connectivity index (χ4n) is 0.996. The summed E-state index contributed by atoms with van der Waals surface area (Å²) < 4.78 is 19.7. The molecule has 1 heterocycles. The lowest BCUT2D eigenvalue weighted by Crippen LogP contribution is -2.31. The van der Waals surface area contributed by atoms with Crippen LogP contribution in [0.3, 0.4) is 0 Å². The molecule has 1 rings (SSSR count). The Bertz CT molecular complexity index is 220. The van der Waals surface area contributed by atoms with Crippen molar-refractivity contribution in [1.82, 2.24) is 0 Å². The SMILES string of the molecule is CC(=O)OC1CC(OC=O)OP(C)O1. The van der Waals surface area contributed by atoms with Crippen molar-refractivity contribution in [3.05, 3.63) is 0 Å². The summed E-state index contributed by atoms with van der Waals surface area (Å²) in [6.45, 7) is 3.27. The smallest absolute Gasteiger partial charge is 0.304 e. The molecular formula is C7H11O6P. The van der Waals surface area contributed by atoms with Crippen LogP contribution in [0.15, 0.2) is 0 Å². The second-order valence-electron chi connectivity index (χ2n) is 2.59. The summed E-state index contributed by atoms with van der Waals surface area (Å²) in [5, 5.41) is 0. The van der Waals surface area contributed by atoms with E-state index in [2.05, 4.69) is 4.74 Å². The van der Waals surface area contributed by atoms with Gasteiger partial charge in [0.2, 0.25) is 12.6 Å². The van der Waals surface area contributed by atoms with Crippen LogP contribution < -0.4 is 0 Å². The first-order chi connectivity index (χ1) is 6.61. The second-order valence-corrected chi connectivity index (χ2v) is 3.89. The van der Waals surface area contributed by atoms with Gasteiger partial charge in [0, 0.05) is 13.6 Å². The molecule has 0 aliphatic carbocycles. The first-order valence-electron chi connectivity index (χ1n) is 3.95. The van der Waals surface area contributed by atoms with E-state index in [1.54, 1.807) is 6.66 Å². The average Bonchev–Trinajstić information content (AvgIpc) is 2.01. The Morgan fingerprint density at radius 3 is 2.71 bits per heavy atom. The van der Waals surface area contributed by atoms with E-state index in [-0.39, 0.29) is 6.42 Å². The van der Waals surface area contributed by atoms with E-state index < -0.39 is 26.9 Å². The Morgan fingerprint density at radius 2 is 2.14 bits per heavy atom. The molecule has 1 aliphatic rings. The first-order valence-corrected chi connectivity index (χ1v) is 5.58. The minimum Gasteiger partial charge on any atom is -0.437 e. The van der Waals surface area contributed by atoms with Crippen LogP contribution in [0.25, 0.3) is 0 Å². The predicted molar refractivity (Wildman–Crippen MR) is 46.1 cm³/mol. The highest BCUT2D eigenvalue weighted by atomic mass is 31.2. The molecule has 0 amide bonds. The summed E-state index contributed by atoms with van der Waals surface area (Å²) in [4.78, 5) is 20.7. The molecule has 7 heteroatoms. The van der Waals surface area contributed by atoms with Gasteiger partial charge in [-0.3, -0.25) is 18.6 Å². The van der Waals surface area contributed by atoms with Gasteiger partial charge < -0.3 is 9.47 Å². The molecule has 0 aromatic carbocycles. The normalized spacial score (nSPS) is 32.0. The van der Waals surface area contributed by atoms with E-state index in [4.69, 9.17) is 13.8 Å². The highest BCUT2D eigenvalue weighted by Crippen LogP contribution is 2.43. The lowest BCUT2D eigenvalue weighted by molar-refractivity contribution is -0.190. The zero-order chi connectivity index (χ0) is 10.6. The molecule has 1 fully saturated rings. The van der Waals surface area contributed by atoms with Gasteiger partial charge in [-0.1, -0.05) is 0 Å². The van der Waals surface area contributed by atoms with Crippen LogP contribution >= 0.6 is 8.38 Å². The standard InChI is InChI=1S/C7H11O6P/c1-5(9)11-7-3-6(10-4-8)12-14(2)13-7/h4,6-7H,3H2,1-2H3. The maximum absolute atomic E-state index is 10.6. The summed E-state index contributed by atoms with van der Waals surface area (Å²) in [6.07, 6.45) is -1.19. The summed E-state index contributed by atoms with van der Waals surface area (Å²) in [5.74, 6) is -0.440. The molecule has 0 bridgehead atoms. The fraction of sp³-hybridized carbons (Fsp3) is 0.714. The van der Waals surface area contributed by atoms with Crippen LogP contribution in [0.4, 0.5) is 0 Å². The van der Waals surface area contributed by atoms with Crippen LogP contribution in [0, 0.1) is 0 Å². The van der Waals surface area contributed by atoms with Crippen molar-refractivity contribution < 1.29 is 28.1 Å². The third kappa shape index (κ3) is 3.57. The molecular weight excluding hydrogens is 211 g/mol.